The Morgan fingerprint density at radius 2 is 1.65 bits per heavy atom. The SMILES string of the molecule is Cc1nc2n(CCN(C)C)c3ccccc3n2c1C(=O)c1ccccc1. The number of likely N-dealkylation sites (N-methyl/N-ethyl adjacent to an activating group) is 1. The number of fused-ring (bicyclic) bond motifs is 3. The van der Waals surface area contributed by atoms with E-state index >= 15 is 0 Å². The number of imidazole rings is 2. The molecule has 26 heavy (non-hydrogen) atoms. The summed E-state index contributed by atoms with van der Waals surface area (Å²) in [6.45, 7) is 3.63. The average molecular weight is 346 g/mol. The topological polar surface area (TPSA) is 42.5 Å². The lowest BCUT2D eigenvalue weighted by Crippen LogP contribution is -2.18. The van der Waals surface area contributed by atoms with Gasteiger partial charge in [-0.05, 0) is 33.2 Å². The number of para-hydroxylation sites is 2. The minimum absolute atomic E-state index is 0.00566. The van der Waals surface area contributed by atoms with Crippen LogP contribution in [0.5, 0.6) is 0 Å². The van der Waals surface area contributed by atoms with Crippen molar-refractivity contribution in [3.8, 4) is 0 Å². The highest BCUT2D eigenvalue weighted by atomic mass is 16.1. The highest BCUT2D eigenvalue weighted by Gasteiger charge is 2.23. The first-order valence-corrected chi connectivity index (χ1v) is 8.78. The van der Waals surface area contributed by atoms with Gasteiger partial charge in [0.05, 0.1) is 16.7 Å². The summed E-state index contributed by atoms with van der Waals surface area (Å²) in [7, 11) is 4.12. The summed E-state index contributed by atoms with van der Waals surface area (Å²) in [4.78, 5) is 20.1. The van der Waals surface area contributed by atoms with Crippen molar-refractivity contribution in [1.29, 1.82) is 0 Å². The maximum absolute atomic E-state index is 13.2. The predicted molar refractivity (Wildman–Crippen MR) is 104 cm³/mol. The lowest BCUT2D eigenvalue weighted by Gasteiger charge is -2.10. The lowest BCUT2D eigenvalue weighted by atomic mass is 10.1. The van der Waals surface area contributed by atoms with E-state index in [0.29, 0.717) is 11.3 Å². The van der Waals surface area contributed by atoms with Crippen molar-refractivity contribution < 1.29 is 4.79 Å². The van der Waals surface area contributed by atoms with Gasteiger partial charge in [0.1, 0.15) is 5.69 Å². The average Bonchev–Trinajstić information content (AvgIpc) is 3.13. The Morgan fingerprint density at radius 3 is 2.35 bits per heavy atom. The van der Waals surface area contributed by atoms with Crippen LogP contribution in [-0.4, -0.2) is 45.3 Å². The molecule has 0 aliphatic carbocycles. The van der Waals surface area contributed by atoms with Gasteiger partial charge >= 0.3 is 0 Å². The Hall–Kier alpha value is -2.92. The van der Waals surface area contributed by atoms with Crippen LogP contribution in [0.25, 0.3) is 16.8 Å². The number of ketones is 1. The summed E-state index contributed by atoms with van der Waals surface area (Å²) < 4.78 is 4.21. The van der Waals surface area contributed by atoms with Gasteiger partial charge in [0.15, 0.2) is 0 Å². The third kappa shape index (κ3) is 2.61. The molecule has 0 unspecified atom stereocenters. The molecular weight excluding hydrogens is 324 g/mol. The molecule has 0 N–H and O–H groups in total. The third-order valence-corrected chi connectivity index (χ3v) is 4.71. The largest absolute Gasteiger partial charge is 0.308 e. The molecule has 2 heterocycles. The van der Waals surface area contributed by atoms with Crippen LogP contribution in [0.2, 0.25) is 0 Å². The molecule has 0 bridgehead atoms. The molecule has 0 spiro atoms. The van der Waals surface area contributed by atoms with Crippen molar-refractivity contribution in [2.24, 2.45) is 0 Å². The molecule has 4 aromatic rings. The Morgan fingerprint density at radius 1 is 1.00 bits per heavy atom. The van der Waals surface area contributed by atoms with Crippen molar-refractivity contribution in [2.75, 3.05) is 20.6 Å². The number of benzene rings is 2. The Labute approximate surface area is 152 Å². The van der Waals surface area contributed by atoms with Crippen LogP contribution in [-0.2, 0) is 6.54 Å². The number of hydrogen-bond acceptors (Lipinski definition) is 3. The van der Waals surface area contributed by atoms with Crippen molar-refractivity contribution in [1.82, 2.24) is 18.9 Å². The van der Waals surface area contributed by atoms with Gasteiger partial charge in [-0.2, -0.15) is 0 Å². The molecule has 0 aliphatic rings. The fourth-order valence-electron chi connectivity index (χ4n) is 3.43. The van der Waals surface area contributed by atoms with Gasteiger partial charge in [-0.1, -0.05) is 42.5 Å². The first kappa shape index (κ1) is 16.5. The molecule has 4 rings (SSSR count). The van der Waals surface area contributed by atoms with E-state index in [-0.39, 0.29) is 5.78 Å². The Balaban J connectivity index is 1.97. The van der Waals surface area contributed by atoms with Crippen LogP contribution in [0, 0.1) is 6.92 Å². The molecular formula is C21H22N4O. The molecule has 2 aromatic carbocycles. The van der Waals surface area contributed by atoms with Crippen LogP contribution in [0.15, 0.2) is 54.6 Å². The van der Waals surface area contributed by atoms with E-state index in [4.69, 9.17) is 4.98 Å². The van der Waals surface area contributed by atoms with Crippen LogP contribution >= 0.6 is 0 Å². The van der Waals surface area contributed by atoms with E-state index in [2.05, 4.69) is 35.7 Å². The summed E-state index contributed by atoms with van der Waals surface area (Å²) in [6.07, 6.45) is 0. The number of carbonyl (C=O) groups is 1. The van der Waals surface area contributed by atoms with Crippen molar-refractivity contribution in [2.45, 2.75) is 13.5 Å². The highest BCUT2D eigenvalue weighted by molar-refractivity contribution is 6.10. The number of aryl methyl sites for hydroxylation is 1. The fourth-order valence-corrected chi connectivity index (χ4v) is 3.43. The molecule has 0 fully saturated rings. The molecule has 0 saturated heterocycles. The first-order valence-electron chi connectivity index (χ1n) is 8.78. The van der Waals surface area contributed by atoms with Crippen molar-refractivity contribution in [3.63, 3.8) is 0 Å². The quantitative estimate of drug-likeness (QED) is 0.520. The zero-order chi connectivity index (χ0) is 18.3. The smallest absolute Gasteiger partial charge is 0.215 e. The summed E-state index contributed by atoms with van der Waals surface area (Å²) >= 11 is 0. The maximum atomic E-state index is 13.2. The standard InChI is InChI=1S/C21H22N4O/c1-15-19(20(26)16-9-5-4-6-10-16)25-18-12-8-7-11-17(18)24(21(25)22-15)14-13-23(2)3/h4-12H,13-14H2,1-3H3. The van der Waals surface area contributed by atoms with E-state index in [9.17, 15) is 4.79 Å². The lowest BCUT2D eigenvalue weighted by molar-refractivity contribution is 0.103. The monoisotopic (exact) mass is 346 g/mol. The van der Waals surface area contributed by atoms with E-state index < -0.39 is 0 Å². The molecule has 0 amide bonds. The van der Waals surface area contributed by atoms with Gasteiger partial charge in [-0.3, -0.25) is 9.20 Å². The second-order valence-corrected chi connectivity index (χ2v) is 6.82. The van der Waals surface area contributed by atoms with E-state index in [1.54, 1.807) is 0 Å². The molecule has 0 radical (unpaired) electrons. The molecule has 0 saturated carbocycles. The van der Waals surface area contributed by atoms with Gasteiger partial charge in [0.2, 0.25) is 11.6 Å². The fraction of sp³-hybridized carbons (Fsp3) is 0.238. The van der Waals surface area contributed by atoms with Crippen LogP contribution < -0.4 is 0 Å². The molecule has 0 atom stereocenters. The number of rotatable bonds is 5. The number of aromatic nitrogens is 3. The minimum Gasteiger partial charge on any atom is -0.308 e. The Bertz CT molecular complexity index is 1090. The van der Waals surface area contributed by atoms with E-state index in [1.807, 2.05) is 53.8 Å². The van der Waals surface area contributed by atoms with Crippen LogP contribution in [0.3, 0.4) is 0 Å². The van der Waals surface area contributed by atoms with Gasteiger partial charge in [0, 0.05) is 18.7 Å². The molecule has 0 aliphatic heterocycles. The molecule has 5 nitrogen and oxygen atoms in total. The van der Waals surface area contributed by atoms with Crippen LogP contribution in [0.1, 0.15) is 21.7 Å². The predicted octanol–water partition coefficient (Wildman–Crippen LogP) is 3.39. The highest BCUT2D eigenvalue weighted by Crippen LogP contribution is 2.25. The van der Waals surface area contributed by atoms with Crippen LogP contribution in [0.4, 0.5) is 0 Å². The molecule has 5 heteroatoms. The maximum Gasteiger partial charge on any atom is 0.215 e. The summed E-state index contributed by atoms with van der Waals surface area (Å²) in [5, 5.41) is 0. The van der Waals surface area contributed by atoms with Gasteiger partial charge in [0.25, 0.3) is 0 Å². The van der Waals surface area contributed by atoms with Gasteiger partial charge < -0.3 is 9.47 Å². The van der Waals surface area contributed by atoms with Crippen molar-refractivity contribution >= 4 is 22.6 Å². The summed E-state index contributed by atoms with van der Waals surface area (Å²) in [5.41, 5.74) is 4.20. The number of hydrogen-bond donors (Lipinski definition) is 0. The first-order chi connectivity index (χ1) is 12.6. The summed E-state index contributed by atoms with van der Waals surface area (Å²) in [6, 6.07) is 17.6. The summed E-state index contributed by atoms with van der Waals surface area (Å²) in [5.74, 6) is 0.830. The Kier molecular flexibility index (Phi) is 4.09. The van der Waals surface area contributed by atoms with Gasteiger partial charge in [-0.25, -0.2) is 4.98 Å². The molecule has 2 aromatic heterocycles. The minimum atomic E-state index is 0.00566. The number of nitrogens with zero attached hydrogens (tertiary/aromatic N) is 4. The van der Waals surface area contributed by atoms with E-state index in [0.717, 1.165) is 35.6 Å². The molecule has 132 valence electrons. The third-order valence-electron chi connectivity index (χ3n) is 4.71. The second kappa shape index (κ2) is 6.42. The van der Waals surface area contributed by atoms with E-state index in [1.165, 1.54) is 0 Å². The van der Waals surface area contributed by atoms with Gasteiger partial charge in [-0.15, -0.1) is 0 Å². The van der Waals surface area contributed by atoms with Crippen molar-refractivity contribution in [3.05, 3.63) is 71.5 Å². The normalized spacial score (nSPS) is 11.7. The number of carbonyl (C=O) groups excluding carboxylic acids is 1. The zero-order valence-electron chi connectivity index (χ0n) is 15.3. The zero-order valence-corrected chi connectivity index (χ0v) is 15.3. The second-order valence-electron chi connectivity index (χ2n) is 6.82.